The first kappa shape index (κ1) is 13.5. The highest BCUT2D eigenvalue weighted by molar-refractivity contribution is 5.98. The Hall–Kier alpha value is -1.95. The van der Waals surface area contributed by atoms with Crippen molar-refractivity contribution in [3.63, 3.8) is 0 Å². The van der Waals surface area contributed by atoms with Crippen molar-refractivity contribution in [2.24, 2.45) is 0 Å². The van der Waals surface area contributed by atoms with Crippen molar-refractivity contribution in [3.8, 4) is 0 Å². The highest BCUT2D eigenvalue weighted by Crippen LogP contribution is 2.27. The van der Waals surface area contributed by atoms with E-state index in [-0.39, 0.29) is 17.8 Å². The van der Waals surface area contributed by atoms with E-state index in [1.165, 1.54) is 11.0 Å². The van der Waals surface area contributed by atoms with Crippen LogP contribution in [-0.2, 0) is 0 Å². The summed E-state index contributed by atoms with van der Waals surface area (Å²) in [5.41, 5.74) is -0.516. The number of para-hydroxylation sites is 1. The Bertz CT molecular complexity index is 539. The van der Waals surface area contributed by atoms with Crippen LogP contribution in [0.1, 0.15) is 29.3 Å². The number of carbonyl (C=O) groups excluding carboxylic acids is 1. The van der Waals surface area contributed by atoms with Crippen molar-refractivity contribution in [1.82, 2.24) is 4.90 Å². The number of aryl methyl sites for hydroxylation is 1. The zero-order valence-electron chi connectivity index (χ0n) is 10.9. The van der Waals surface area contributed by atoms with E-state index in [0.717, 1.165) is 0 Å². The minimum Gasteiger partial charge on any atom is -0.388 e. The quantitative estimate of drug-likeness (QED) is 0.648. The molecule has 0 aliphatic carbocycles. The summed E-state index contributed by atoms with van der Waals surface area (Å²) in [5.74, 6) is -0.395. The lowest BCUT2D eigenvalue weighted by Gasteiger charge is -2.19. The Morgan fingerprint density at radius 3 is 2.74 bits per heavy atom. The molecule has 6 heteroatoms. The molecule has 1 aromatic rings. The summed E-state index contributed by atoms with van der Waals surface area (Å²) in [6.07, 6.45) is 0.484. The highest BCUT2D eigenvalue weighted by Gasteiger charge is 2.36. The molecule has 6 nitrogen and oxygen atoms in total. The van der Waals surface area contributed by atoms with E-state index < -0.39 is 16.4 Å². The first-order chi connectivity index (χ1) is 8.82. The number of hydrogen-bond acceptors (Lipinski definition) is 4. The van der Waals surface area contributed by atoms with Gasteiger partial charge in [0.25, 0.3) is 11.6 Å². The molecule has 1 N–H and O–H groups in total. The van der Waals surface area contributed by atoms with Gasteiger partial charge in [-0.3, -0.25) is 14.9 Å². The van der Waals surface area contributed by atoms with Crippen molar-refractivity contribution in [1.29, 1.82) is 0 Å². The zero-order chi connectivity index (χ0) is 14.2. The highest BCUT2D eigenvalue weighted by atomic mass is 16.6. The van der Waals surface area contributed by atoms with Gasteiger partial charge in [0.05, 0.1) is 10.5 Å². The minimum absolute atomic E-state index is 0.0858. The van der Waals surface area contributed by atoms with E-state index in [2.05, 4.69) is 0 Å². The summed E-state index contributed by atoms with van der Waals surface area (Å²) in [6, 6.07) is 4.69. The molecule has 0 saturated carbocycles. The number of aliphatic hydroxyl groups is 1. The van der Waals surface area contributed by atoms with Gasteiger partial charge in [0.1, 0.15) is 5.56 Å². The maximum Gasteiger partial charge on any atom is 0.285 e. The van der Waals surface area contributed by atoms with Gasteiger partial charge in [-0.2, -0.15) is 0 Å². The molecular formula is C13H16N2O4. The summed E-state index contributed by atoms with van der Waals surface area (Å²) >= 11 is 0. The van der Waals surface area contributed by atoms with Crippen molar-refractivity contribution in [3.05, 3.63) is 39.4 Å². The van der Waals surface area contributed by atoms with Crippen LogP contribution in [0.4, 0.5) is 5.69 Å². The third-order valence-corrected chi connectivity index (χ3v) is 3.39. The smallest absolute Gasteiger partial charge is 0.285 e. The number of β-amino-alcohol motifs (C(OH)–C–C–N with tert-alkyl or cyclic N) is 1. The van der Waals surface area contributed by atoms with Crippen LogP contribution in [0.25, 0.3) is 0 Å². The molecule has 2 rings (SSSR count). The van der Waals surface area contributed by atoms with Crippen LogP contribution in [-0.4, -0.2) is 39.5 Å². The molecule has 19 heavy (non-hydrogen) atoms. The Kier molecular flexibility index (Phi) is 3.28. The topological polar surface area (TPSA) is 83.7 Å². The Morgan fingerprint density at radius 2 is 2.21 bits per heavy atom. The van der Waals surface area contributed by atoms with Crippen LogP contribution in [0, 0.1) is 17.0 Å². The van der Waals surface area contributed by atoms with E-state index in [0.29, 0.717) is 18.5 Å². The third kappa shape index (κ3) is 2.58. The maximum atomic E-state index is 12.3. The predicted octanol–water partition coefficient (Wildman–Crippen LogP) is 1.50. The fraction of sp³-hybridized carbons (Fsp3) is 0.462. The zero-order valence-corrected chi connectivity index (χ0v) is 10.9. The van der Waals surface area contributed by atoms with Crippen molar-refractivity contribution in [2.45, 2.75) is 25.9 Å². The third-order valence-electron chi connectivity index (χ3n) is 3.39. The molecule has 1 aliphatic heterocycles. The number of carbonyl (C=O) groups is 1. The van der Waals surface area contributed by atoms with Gasteiger partial charge in [-0.15, -0.1) is 0 Å². The number of nitro groups is 1. The van der Waals surface area contributed by atoms with Gasteiger partial charge in [-0.25, -0.2) is 0 Å². The number of likely N-dealkylation sites (tertiary alicyclic amines) is 1. The van der Waals surface area contributed by atoms with Gasteiger partial charge >= 0.3 is 0 Å². The summed E-state index contributed by atoms with van der Waals surface area (Å²) < 4.78 is 0. The normalized spacial score (nSPS) is 22.6. The second-order valence-electron chi connectivity index (χ2n) is 5.20. The molecule has 1 atom stereocenters. The Labute approximate surface area is 110 Å². The first-order valence-corrected chi connectivity index (χ1v) is 6.07. The van der Waals surface area contributed by atoms with Crippen LogP contribution in [0.2, 0.25) is 0 Å². The van der Waals surface area contributed by atoms with E-state index in [9.17, 15) is 20.0 Å². The van der Waals surface area contributed by atoms with Crippen molar-refractivity contribution >= 4 is 11.6 Å². The molecule has 1 aliphatic rings. The van der Waals surface area contributed by atoms with E-state index in [4.69, 9.17) is 0 Å². The lowest BCUT2D eigenvalue weighted by atomic mass is 10.1. The lowest BCUT2D eigenvalue weighted by molar-refractivity contribution is -0.385. The number of amides is 1. The standard InChI is InChI=1S/C13H16N2O4/c1-9-4-3-5-10(11(9)15(18)19)12(16)14-7-6-13(2,17)8-14/h3-5,17H,6-8H2,1-2H3. The fourth-order valence-electron chi connectivity index (χ4n) is 2.36. The molecule has 102 valence electrons. The molecule has 1 amide bonds. The average molecular weight is 264 g/mol. The monoisotopic (exact) mass is 264 g/mol. The van der Waals surface area contributed by atoms with Gasteiger partial charge in [0.15, 0.2) is 0 Å². The molecule has 1 aromatic carbocycles. The molecular weight excluding hydrogens is 248 g/mol. The number of rotatable bonds is 2. The first-order valence-electron chi connectivity index (χ1n) is 6.07. The summed E-state index contributed by atoms with van der Waals surface area (Å²) in [4.78, 5) is 24.3. The van der Waals surface area contributed by atoms with Crippen LogP contribution >= 0.6 is 0 Å². The minimum atomic E-state index is -0.908. The molecule has 0 spiro atoms. The molecule has 1 heterocycles. The van der Waals surface area contributed by atoms with Gasteiger partial charge in [-0.1, -0.05) is 12.1 Å². The summed E-state index contributed by atoms with van der Waals surface area (Å²) in [6.45, 7) is 3.88. The number of benzene rings is 1. The lowest BCUT2D eigenvalue weighted by Crippen LogP contribution is -2.34. The predicted molar refractivity (Wildman–Crippen MR) is 69.0 cm³/mol. The number of hydrogen-bond donors (Lipinski definition) is 1. The number of nitro benzene ring substituents is 1. The molecule has 0 bridgehead atoms. The van der Waals surface area contributed by atoms with Crippen LogP contribution in [0.5, 0.6) is 0 Å². The largest absolute Gasteiger partial charge is 0.388 e. The second-order valence-corrected chi connectivity index (χ2v) is 5.20. The molecule has 1 unspecified atom stereocenters. The molecule has 0 radical (unpaired) electrons. The fourth-order valence-corrected chi connectivity index (χ4v) is 2.36. The molecule has 1 saturated heterocycles. The molecule has 0 aromatic heterocycles. The van der Waals surface area contributed by atoms with Crippen LogP contribution in [0.3, 0.4) is 0 Å². The van der Waals surface area contributed by atoms with Crippen LogP contribution < -0.4 is 0 Å². The second kappa shape index (κ2) is 4.62. The number of nitrogens with zero attached hydrogens (tertiary/aromatic N) is 2. The average Bonchev–Trinajstić information content (AvgIpc) is 2.68. The maximum absolute atomic E-state index is 12.3. The van der Waals surface area contributed by atoms with Crippen molar-refractivity contribution < 1.29 is 14.8 Å². The van der Waals surface area contributed by atoms with E-state index in [1.54, 1.807) is 26.0 Å². The van der Waals surface area contributed by atoms with Gasteiger partial charge in [0.2, 0.25) is 0 Å². The van der Waals surface area contributed by atoms with E-state index in [1.807, 2.05) is 0 Å². The Morgan fingerprint density at radius 1 is 1.53 bits per heavy atom. The van der Waals surface area contributed by atoms with Gasteiger partial charge in [0, 0.05) is 18.7 Å². The van der Waals surface area contributed by atoms with Crippen LogP contribution in [0.15, 0.2) is 18.2 Å². The van der Waals surface area contributed by atoms with Crippen molar-refractivity contribution in [2.75, 3.05) is 13.1 Å². The summed E-state index contributed by atoms with van der Waals surface area (Å²) in [7, 11) is 0. The SMILES string of the molecule is Cc1cccc(C(=O)N2CCC(C)(O)C2)c1[N+](=O)[O-]. The van der Waals surface area contributed by atoms with E-state index >= 15 is 0 Å². The Balaban J connectivity index is 2.35. The molecule has 1 fully saturated rings. The van der Waals surface area contributed by atoms with Gasteiger partial charge in [-0.05, 0) is 26.3 Å². The van der Waals surface area contributed by atoms with Gasteiger partial charge < -0.3 is 10.0 Å². The summed E-state index contributed by atoms with van der Waals surface area (Å²) in [5, 5.41) is 20.9.